The molecule has 2 rings (SSSR count). The molecular weight excluding hydrogens is 367 g/mol. The number of para-hydroxylation sites is 1. The molecule has 0 aliphatic heterocycles. The Morgan fingerprint density at radius 2 is 1.74 bits per heavy atom. The zero-order valence-electron chi connectivity index (χ0n) is 16.0. The molecule has 1 N–H and O–H groups in total. The summed E-state index contributed by atoms with van der Waals surface area (Å²) in [6.07, 6.45) is 0. The molecule has 27 heavy (non-hydrogen) atoms. The molecule has 0 fully saturated rings. The Morgan fingerprint density at radius 1 is 1.11 bits per heavy atom. The van der Waals surface area contributed by atoms with Crippen LogP contribution < -0.4 is 5.32 Å². The summed E-state index contributed by atoms with van der Waals surface area (Å²) >= 11 is 0. The van der Waals surface area contributed by atoms with Crippen LogP contribution in [0.3, 0.4) is 0 Å². The number of halogens is 1. The first-order chi connectivity index (χ1) is 12.7. The van der Waals surface area contributed by atoms with Crippen LogP contribution in [0.4, 0.5) is 10.1 Å². The third-order valence-corrected chi connectivity index (χ3v) is 6.41. The van der Waals surface area contributed by atoms with Crippen molar-refractivity contribution in [3.63, 3.8) is 0 Å². The van der Waals surface area contributed by atoms with Crippen molar-refractivity contribution in [2.45, 2.75) is 38.5 Å². The summed E-state index contributed by atoms with van der Waals surface area (Å²) in [5.41, 5.74) is 1.69. The van der Waals surface area contributed by atoms with Gasteiger partial charge in [-0.15, -0.1) is 0 Å². The molecule has 0 heterocycles. The van der Waals surface area contributed by atoms with Gasteiger partial charge >= 0.3 is 0 Å². The fourth-order valence-corrected chi connectivity index (χ4v) is 4.40. The lowest BCUT2D eigenvalue weighted by Crippen LogP contribution is -2.31. The normalized spacial score (nSPS) is 11.8. The van der Waals surface area contributed by atoms with E-state index < -0.39 is 26.6 Å². The Kier molecular flexibility index (Phi) is 6.73. The van der Waals surface area contributed by atoms with E-state index in [-0.39, 0.29) is 24.6 Å². The van der Waals surface area contributed by atoms with Crippen LogP contribution in [0.5, 0.6) is 0 Å². The van der Waals surface area contributed by atoms with E-state index in [0.717, 1.165) is 22.0 Å². The molecule has 1 amide bonds. The molecule has 0 saturated heterocycles. The average molecular weight is 392 g/mol. The second-order valence-corrected chi connectivity index (χ2v) is 8.34. The number of carbonyl (C=O) groups is 1. The quantitative estimate of drug-likeness (QED) is 0.767. The number of carbonyl (C=O) groups excluding carboxylic acids is 1. The summed E-state index contributed by atoms with van der Waals surface area (Å²) in [6, 6.07) is 10.8. The summed E-state index contributed by atoms with van der Waals surface area (Å²) in [5.74, 6) is -1.16. The Bertz CT molecular complexity index is 923. The van der Waals surface area contributed by atoms with Crippen LogP contribution in [0, 0.1) is 5.82 Å². The average Bonchev–Trinajstić information content (AvgIpc) is 2.62. The molecule has 0 radical (unpaired) electrons. The van der Waals surface area contributed by atoms with Gasteiger partial charge in [0.2, 0.25) is 10.0 Å². The molecule has 0 unspecified atom stereocenters. The van der Waals surface area contributed by atoms with Crippen molar-refractivity contribution in [1.82, 2.24) is 4.31 Å². The minimum absolute atomic E-state index is 0.0840. The highest BCUT2D eigenvalue weighted by atomic mass is 32.2. The molecule has 5 nitrogen and oxygen atoms in total. The topological polar surface area (TPSA) is 66.5 Å². The third kappa shape index (κ3) is 4.54. The molecule has 0 aliphatic rings. The zero-order chi connectivity index (χ0) is 20.2. The highest BCUT2D eigenvalue weighted by Crippen LogP contribution is 2.25. The van der Waals surface area contributed by atoms with Gasteiger partial charge in [0.15, 0.2) is 0 Å². The van der Waals surface area contributed by atoms with Crippen molar-refractivity contribution in [3.8, 4) is 0 Å². The lowest BCUT2D eigenvalue weighted by atomic mass is 10.0. The number of nitrogens with one attached hydrogen (secondary N) is 1. The van der Waals surface area contributed by atoms with Gasteiger partial charge in [-0.1, -0.05) is 45.9 Å². The summed E-state index contributed by atoms with van der Waals surface area (Å²) in [6.45, 7) is 7.82. The number of anilines is 1. The second kappa shape index (κ2) is 8.63. The molecule has 0 atom stereocenters. The van der Waals surface area contributed by atoms with Crippen molar-refractivity contribution in [2.24, 2.45) is 0 Å². The molecule has 0 saturated carbocycles. The number of benzene rings is 2. The van der Waals surface area contributed by atoms with E-state index in [0.29, 0.717) is 5.69 Å². The number of rotatable bonds is 7. The highest BCUT2D eigenvalue weighted by molar-refractivity contribution is 7.89. The van der Waals surface area contributed by atoms with Crippen LogP contribution >= 0.6 is 0 Å². The molecule has 0 aromatic heterocycles. The van der Waals surface area contributed by atoms with E-state index in [1.165, 1.54) is 6.07 Å². The molecule has 2 aromatic carbocycles. The predicted octanol–water partition coefficient (Wildman–Crippen LogP) is 4.23. The third-order valence-electron chi connectivity index (χ3n) is 4.35. The summed E-state index contributed by atoms with van der Waals surface area (Å²) in [5, 5.41) is 2.79. The number of hydrogen-bond acceptors (Lipinski definition) is 3. The van der Waals surface area contributed by atoms with Gasteiger partial charge in [-0.3, -0.25) is 4.79 Å². The summed E-state index contributed by atoms with van der Waals surface area (Å²) in [4.78, 5) is 12.2. The van der Waals surface area contributed by atoms with Crippen LogP contribution in [0.25, 0.3) is 0 Å². The van der Waals surface area contributed by atoms with E-state index in [1.54, 1.807) is 19.9 Å². The summed E-state index contributed by atoms with van der Waals surface area (Å²) < 4.78 is 40.7. The first-order valence-electron chi connectivity index (χ1n) is 8.92. The van der Waals surface area contributed by atoms with Crippen LogP contribution in [0.15, 0.2) is 47.4 Å². The molecule has 7 heteroatoms. The molecule has 0 aliphatic carbocycles. The fraction of sp³-hybridized carbons (Fsp3) is 0.350. The smallest absolute Gasteiger partial charge is 0.255 e. The van der Waals surface area contributed by atoms with E-state index in [4.69, 9.17) is 0 Å². The fourth-order valence-electron chi connectivity index (χ4n) is 2.85. The van der Waals surface area contributed by atoms with Crippen LogP contribution in [0.2, 0.25) is 0 Å². The van der Waals surface area contributed by atoms with Crippen molar-refractivity contribution in [1.29, 1.82) is 0 Å². The van der Waals surface area contributed by atoms with Gasteiger partial charge in [0, 0.05) is 24.3 Å². The van der Waals surface area contributed by atoms with Gasteiger partial charge in [-0.25, -0.2) is 12.8 Å². The second-order valence-electron chi connectivity index (χ2n) is 6.43. The van der Waals surface area contributed by atoms with Gasteiger partial charge in [0.1, 0.15) is 10.7 Å². The van der Waals surface area contributed by atoms with E-state index in [1.807, 2.05) is 32.0 Å². The number of nitrogens with zero attached hydrogens (tertiary/aromatic N) is 1. The van der Waals surface area contributed by atoms with E-state index in [9.17, 15) is 17.6 Å². The molecule has 0 spiro atoms. The molecule has 146 valence electrons. The largest absolute Gasteiger partial charge is 0.322 e. The highest BCUT2D eigenvalue weighted by Gasteiger charge is 2.26. The number of amides is 1. The van der Waals surface area contributed by atoms with Crippen LogP contribution in [-0.4, -0.2) is 31.7 Å². The van der Waals surface area contributed by atoms with Crippen molar-refractivity contribution in [3.05, 3.63) is 59.4 Å². The lowest BCUT2D eigenvalue weighted by molar-refractivity contribution is 0.102. The first-order valence-corrected chi connectivity index (χ1v) is 10.4. The van der Waals surface area contributed by atoms with Crippen molar-refractivity contribution in [2.75, 3.05) is 18.4 Å². The maximum atomic E-state index is 14.2. The SMILES string of the molecule is CCN(CC)S(=O)(=O)c1cc(C(=O)Nc2ccccc2C(C)C)ccc1F. The Hall–Kier alpha value is -2.25. The molecular formula is C20H25FN2O3S. The van der Waals surface area contributed by atoms with Gasteiger partial charge in [0.05, 0.1) is 0 Å². The molecule has 2 aromatic rings. The number of sulfonamides is 1. The zero-order valence-corrected chi connectivity index (χ0v) is 16.8. The predicted molar refractivity (Wildman–Crippen MR) is 105 cm³/mol. The lowest BCUT2D eigenvalue weighted by Gasteiger charge is -2.19. The Labute approximate surface area is 160 Å². The van der Waals surface area contributed by atoms with Gasteiger partial charge in [-0.2, -0.15) is 4.31 Å². The van der Waals surface area contributed by atoms with Crippen LogP contribution in [-0.2, 0) is 10.0 Å². The minimum Gasteiger partial charge on any atom is -0.322 e. The van der Waals surface area contributed by atoms with Crippen LogP contribution in [0.1, 0.15) is 49.5 Å². The van der Waals surface area contributed by atoms with E-state index >= 15 is 0 Å². The Morgan fingerprint density at radius 3 is 2.33 bits per heavy atom. The van der Waals surface area contributed by atoms with Crippen molar-refractivity contribution >= 4 is 21.6 Å². The van der Waals surface area contributed by atoms with E-state index in [2.05, 4.69) is 5.32 Å². The van der Waals surface area contributed by atoms with Gasteiger partial charge in [0.25, 0.3) is 5.91 Å². The number of hydrogen-bond donors (Lipinski definition) is 1. The minimum atomic E-state index is -4.00. The van der Waals surface area contributed by atoms with Crippen molar-refractivity contribution < 1.29 is 17.6 Å². The monoisotopic (exact) mass is 392 g/mol. The molecule has 0 bridgehead atoms. The maximum Gasteiger partial charge on any atom is 0.255 e. The Balaban J connectivity index is 2.40. The van der Waals surface area contributed by atoms with Gasteiger partial charge < -0.3 is 5.32 Å². The summed E-state index contributed by atoms with van der Waals surface area (Å²) in [7, 11) is -4.00. The first kappa shape index (κ1) is 21.1. The maximum absolute atomic E-state index is 14.2. The van der Waals surface area contributed by atoms with Gasteiger partial charge in [-0.05, 0) is 35.7 Å². The standard InChI is InChI=1S/C20H25FN2O3S/c1-5-23(6-2)27(25,26)19-13-15(11-12-17(19)21)20(24)22-18-10-8-7-9-16(18)14(3)4/h7-14H,5-6H2,1-4H3,(H,22,24).